The minimum Gasteiger partial charge on any atom is -0.322 e. The maximum Gasteiger partial charge on any atom is 0.416 e. The summed E-state index contributed by atoms with van der Waals surface area (Å²) in [7, 11) is 0. The van der Waals surface area contributed by atoms with Gasteiger partial charge < -0.3 is 10.2 Å². The standard InChI is InChI=1S/C27H26F3N3O2/c1-18-10-11-19(2)21(14-18)17-32-12-5-13-33(26(32)35)24-9-4-8-23(16-24)31-25(34)20-6-3-7-22(15-20)27(28,29)30/h3-4,6-11,14-16H,5,12-13,17H2,1-2H3,(H,31,34). The van der Waals surface area contributed by atoms with E-state index >= 15 is 0 Å². The second-order valence-corrected chi connectivity index (χ2v) is 8.72. The molecule has 1 aliphatic rings. The zero-order chi connectivity index (χ0) is 25.2. The first kappa shape index (κ1) is 24.3. The average molecular weight is 482 g/mol. The fourth-order valence-corrected chi connectivity index (χ4v) is 4.14. The van der Waals surface area contributed by atoms with E-state index in [9.17, 15) is 22.8 Å². The van der Waals surface area contributed by atoms with E-state index in [1.165, 1.54) is 12.1 Å². The van der Waals surface area contributed by atoms with Crippen molar-refractivity contribution >= 4 is 23.3 Å². The van der Waals surface area contributed by atoms with Gasteiger partial charge in [-0.1, -0.05) is 35.9 Å². The van der Waals surface area contributed by atoms with Crippen molar-refractivity contribution in [1.82, 2.24) is 4.90 Å². The Balaban J connectivity index is 1.49. The number of anilines is 2. The van der Waals surface area contributed by atoms with Crippen LogP contribution in [-0.4, -0.2) is 29.9 Å². The van der Waals surface area contributed by atoms with Gasteiger partial charge in [-0.2, -0.15) is 13.2 Å². The predicted octanol–water partition coefficient (Wildman–Crippen LogP) is 6.41. The van der Waals surface area contributed by atoms with Gasteiger partial charge in [0.15, 0.2) is 0 Å². The summed E-state index contributed by atoms with van der Waals surface area (Å²) < 4.78 is 39.0. The van der Waals surface area contributed by atoms with E-state index < -0.39 is 17.6 Å². The largest absolute Gasteiger partial charge is 0.416 e. The molecular formula is C27H26F3N3O2. The van der Waals surface area contributed by atoms with Gasteiger partial charge in [-0.25, -0.2) is 4.79 Å². The molecule has 0 radical (unpaired) electrons. The number of aryl methyl sites for hydroxylation is 2. The zero-order valence-corrected chi connectivity index (χ0v) is 19.5. The molecule has 1 fully saturated rings. The van der Waals surface area contributed by atoms with Gasteiger partial charge in [0, 0.05) is 36.6 Å². The topological polar surface area (TPSA) is 52.6 Å². The first-order chi connectivity index (χ1) is 16.6. The number of carbonyl (C=O) groups is 2. The molecule has 182 valence electrons. The van der Waals surface area contributed by atoms with Crippen LogP contribution in [0, 0.1) is 13.8 Å². The molecule has 0 unspecified atom stereocenters. The van der Waals surface area contributed by atoms with E-state index in [2.05, 4.69) is 11.4 Å². The summed E-state index contributed by atoms with van der Waals surface area (Å²) in [5.74, 6) is -0.658. The highest BCUT2D eigenvalue weighted by molar-refractivity contribution is 6.05. The maximum absolute atomic E-state index is 13.3. The molecule has 1 N–H and O–H groups in total. The lowest BCUT2D eigenvalue weighted by Gasteiger charge is -2.36. The van der Waals surface area contributed by atoms with Crippen LogP contribution in [0.5, 0.6) is 0 Å². The van der Waals surface area contributed by atoms with Crippen molar-refractivity contribution in [2.24, 2.45) is 0 Å². The number of hydrogen-bond acceptors (Lipinski definition) is 2. The number of carbonyl (C=O) groups excluding carboxylic acids is 2. The number of rotatable bonds is 5. The van der Waals surface area contributed by atoms with Crippen molar-refractivity contribution in [2.45, 2.75) is 33.0 Å². The second kappa shape index (κ2) is 9.82. The molecule has 0 aliphatic carbocycles. The van der Waals surface area contributed by atoms with E-state index in [-0.39, 0.29) is 11.6 Å². The van der Waals surface area contributed by atoms with E-state index in [0.29, 0.717) is 31.0 Å². The second-order valence-electron chi connectivity index (χ2n) is 8.72. The number of amides is 3. The van der Waals surface area contributed by atoms with Crippen molar-refractivity contribution in [1.29, 1.82) is 0 Å². The van der Waals surface area contributed by atoms with Crippen molar-refractivity contribution in [3.05, 3.63) is 94.5 Å². The Labute approximate surface area is 202 Å². The number of halogens is 3. The van der Waals surface area contributed by atoms with Crippen LogP contribution >= 0.6 is 0 Å². The molecule has 3 aromatic carbocycles. The van der Waals surface area contributed by atoms with E-state index in [4.69, 9.17) is 0 Å². The lowest BCUT2D eigenvalue weighted by atomic mass is 10.0. The lowest BCUT2D eigenvalue weighted by Crippen LogP contribution is -2.49. The molecule has 0 aromatic heterocycles. The van der Waals surface area contributed by atoms with Crippen LogP contribution in [0.1, 0.15) is 39.0 Å². The van der Waals surface area contributed by atoms with E-state index in [1.54, 1.807) is 34.1 Å². The molecule has 0 bridgehead atoms. The highest BCUT2D eigenvalue weighted by Gasteiger charge is 2.31. The quantitative estimate of drug-likeness (QED) is 0.458. The molecule has 35 heavy (non-hydrogen) atoms. The maximum atomic E-state index is 13.3. The zero-order valence-electron chi connectivity index (χ0n) is 19.5. The van der Waals surface area contributed by atoms with Crippen LogP contribution in [0.4, 0.5) is 29.3 Å². The Morgan fingerprint density at radius 3 is 2.51 bits per heavy atom. The fraction of sp³-hybridized carbons (Fsp3) is 0.259. The van der Waals surface area contributed by atoms with Gasteiger partial charge in [-0.15, -0.1) is 0 Å². The highest BCUT2D eigenvalue weighted by Crippen LogP contribution is 2.30. The Hall–Kier alpha value is -3.81. The lowest BCUT2D eigenvalue weighted by molar-refractivity contribution is -0.137. The number of benzene rings is 3. The number of alkyl halides is 3. The van der Waals surface area contributed by atoms with Gasteiger partial charge in [-0.3, -0.25) is 9.69 Å². The van der Waals surface area contributed by atoms with Gasteiger partial charge in [0.25, 0.3) is 5.91 Å². The van der Waals surface area contributed by atoms with Crippen molar-refractivity contribution in [3.8, 4) is 0 Å². The molecule has 0 spiro atoms. The third kappa shape index (κ3) is 5.65. The molecule has 0 saturated carbocycles. The summed E-state index contributed by atoms with van der Waals surface area (Å²) >= 11 is 0. The summed E-state index contributed by atoms with van der Waals surface area (Å²) in [5, 5.41) is 2.64. The Morgan fingerprint density at radius 1 is 0.971 bits per heavy atom. The molecule has 5 nitrogen and oxygen atoms in total. The fourth-order valence-electron chi connectivity index (χ4n) is 4.14. The van der Waals surface area contributed by atoms with Crippen molar-refractivity contribution < 1.29 is 22.8 Å². The normalized spacial score (nSPS) is 14.3. The molecule has 3 aromatic rings. The average Bonchev–Trinajstić information content (AvgIpc) is 2.82. The van der Waals surface area contributed by atoms with Crippen LogP contribution in [0.2, 0.25) is 0 Å². The molecule has 1 aliphatic heterocycles. The molecule has 1 saturated heterocycles. The van der Waals surface area contributed by atoms with Crippen LogP contribution in [0.25, 0.3) is 0 Å². The van der Waals surface area contributed by atoms with Gasteiger partial charge in [0.1, 0.15) is 0 Å². The summed E-state index contributed by atoms with van der Waals surface area (Å²) in [4.78, 5) is 29.3. The summed E-state index contributed by atoms with van der Waals surface area (Å²) in [5.41, 5.74) is 3.38. The predicted molar refractivity (Wildman–Crippen MR) is 130 cm³/mol. The van der Waals surface area contributed by atoms with Crippen LogP contribution in [-0.2, 0) is 12.7 Å². The minimum atomic E-state index is -4.53. The molecule has 1 heterocycles. The first-order valence-corrected chi connectivity index (χ1v) is 11.3. The van der Waals surface area contributed by atoms with Crippen molar-refractivity contribution in [2.75, 3.05) is 23.3 Å². The molecule has 8 heteroatoms. The smallest absolute Gasteiger partial charge is 0.322 e. The Morgan fingerprint density at radius 2 is 1.74 bits per heavy atom. The first-order valence-electron chi connectivity index (χ1n) is 11.3. The monoisotopic (exact) mass is 481 g/mol. The molecular weight excluding hydrogens is 455 g/mol. The summed E-state index contributed by atoms with van der Waals surface area (Å²) in [6.07, 6.45) is -3.74. The third-order valence-electron chi connectivity index (χ3n) is 6.04. The number of nitrogens with one attached hydrogen (secondary N) is 1. The van der Waals surface area contributed by atoms with Crippen LogP contribution in [0.3, 0.4) is 0 Å². The van der Waals surface area contributed by atoms with Crippen molar-refractivity contribution in [3.63, 3.8) is 0 Å². The van der Waals surface area contributed by atoms with Gasteiger partial charge in [0.05, 0.1) is 5.56 Å². The number of hydrogen-bond donors (Lipinski definition) is 1. The molecule has 3 amide bonds. The van der Waals surface area contributed by atoms with Gasteiger partial charge >= 0.3 is 12.2 Å². The van der Waals surface area contributed by atoms with Crippen LogP contribution in [0.15, 0.2) is 66.7 Å². The highest BCUT2D eigenvalue weighted by atomic mass is 19.4. The van der Waals surface area contributed by atoms with Gasteiger partial charge in [-0.05, 0) is 67.8 Å². The summed E-state index contributed by atoms with van der Waals surface area (Å²) in [6, 6.07) is 17.1. The number of nitrogens with zero attached hydrogens (tertiary/aromatic N) is 2. The van der Waals surface area contributed by atoms with Gasteiger partial charge in [0.2, 0.25) is 0 Å². The van der Waals surface area contributed by atoms with E-state index in [0.717, 1.165) is 35.2 Å². The Kier molecular flexibility index (Phi) is 6.82. The minimum absolute atomic E-state index is 0.0982. The SMILES string of the molecule is Cc1ccc(C)c(CN2CCCN(c3cccc(NC(=O)c4cccc(C(F)(F)F)c4)c3)C2=O)c1. The van der Waals surface area contributed by atoms with E-state index in [1.807, 2.05) is 26.0 Å². The molecule has 0 atom stereocenters. The Bertz CT molecular complexity index is 1260. The summed E-state index contributed by atoms with van der Waals surface area (Å²) in [6.45, 7) is 5.74. The third-order valence-corrected chi connectivity index (χ3v) is 6.04. The molecule has 4 rings (SSSR count). The van der Waals surface area contributed by atoms with Crippen LogP contribution < -0.4 is 10.2 Å². The number of urea groups is 1.